The van der Waals surface area contributed by atoms with Crippen molar-refractivity contribution in [1.82, 2.24) is 40.2 Å². The highest BCUT2D eigenvalue weighted by Gasteiger charge is 2.20. The molecule has 0 bridgehead atoms. The normalized spacial score (nSPS) is 12.3. The highest BCUT2D eigenvalue weighted by Crippen LogP contribution is 2.35. The van der Waals surface area contributed by atoms with E-state index in [4.69, 9.17) is 8.85 Å². The standard InChI is InChI=1S/C21H22N10O2/c1-12-5-7-23-15(9-12)27-16-10-14(17(29-28-16)21(32)22-2)26-20-18(33-4)13(6-8-24-20)19-25-11-31(3)30-19/h5-11H,1-4H3,(H,22,32)(H2,23,24,26,27,28)/i2D3. The number of amides is 1. The number of anilines is 4. The summed E-state index contributed by atoms with van der Waals surface area (Å²) in [6, 6.07) is 6.81. The Balaban J connectivity index is 1.75. The number of hydrogen-bond donors (Lipinski definition) is 3. The number of nitrogens with zero attached hydrogens (tertiary/aromatic N) is 7. The van der Waals surface area contributed by atoms with Crippen LogP contribution >= 0.6 is 0 Å². The van der Waals surface area contributed by atoms with Crippen molar-refractivity contribution in [1.29, 1.82) is 0 Å². The zero-order valence-electron chi connectivity index (χ0n) is 21.0. The Morgan fingerprint density at radius 2 is 1.94 bits per heavy atom. The summed E-state index contributed by atoms with van der Waals surface area (Å²) < 4.78 is 29.2. The predicted molar refractivity (Wildman–Crippen MR) is 122 cm³/mol. The molecule has 33 heavy (non-hydrogen) atoms. The summed E-state index contributed by atoms with van der Waals surface area (Å²) in [6.45, 7) is -0.811. The first-order valence-corrected chi connectivity index (χ1v) is 9.69. The molecule has 0 spiro atoms. The summed E-state index contributed by atoms with van der Waals surface area (Å²) in [5.41, 5.74) is 1.38. The van der Waals surface area contributed by atoms with Crippen LogP contribution in [0.1, 0.15) is 20.2 Å². The van der Waals surface area contributed by atoms with Crippen molar-refractivity contribution in [2.24, 2.45) is 7.05 Å². The van der Waals surface area contributed by atoms with Crippen LogP contribution in [0.15, 0.2) is 43.0 Å². The Kier molecular flexibility index (Phi) is 5.05. The lowest BCUT2D eigenvalue weighted by Gasteiger charge is -2.15. The van der Waals surface area contributed by atoms with Gasteiger partial charge in [-0.2, -0.15) is 5.10 Å². The van der Waals surface area contributed by atoms with Crippen LogP contribution in [0.2, 0.25) is 0 Å². The number of ether oxygens (including phenoxy) is 1. The van der Waals surface area contributed by atoms with Gasteiger partial charge in [0.15, 0.2) is 28.9 Å². The van der Waals surface area contributed by atoms with Gasteiger partial charge >= 0.3 is 0 Å². The molecule has 0 fully saturated rings. The van der Waals surface area contributed by atoms with E-state index in [-0.39, 0.29) is 23.0 Å². The van der Waals surface area contributed by atoms with Gasteiger partial charge in [-0.3, -0.25) is 9.48 Å². The van der Waals surface area contributed by atoms with Crippen LogP contribution in [-0.2, 0) is 7.05 Å². The van der Waals surface area contributed by atoms with Gasteiger partial charge in [0.2, 0.25) is 0 Å². The first kappa shape index (κ1) is 18.0. The number of nitrogens with one attached hydrogen (secondary N) is 3. The molecule has 4 aromatic rings. The van der Waals surface area contributed by atoms with Gasteiger partial charge < -0.3 is 20.7 Å². The summed E-state index contributed by atoms with van der Waals surface area (Å²) >= 11 is 0. The number of rotatable bonds is 7. The first-order chi connectivity index (χ1) is 17.1. The van der Waals surface area contributed by atoms with E-state index in [1.807, 2.05) is 18.3 Å². The SMILES string of the molecule is [2H]C([2H])([2H])NC(=O)c1nnc(Nc2cc(C)ccn2)cc1Nc1nccc(-c2ncn(C)n2)c1OC. The molecular formula is C21H22N10O2. The van der Waals surface area contributed by atoms with Crippen molar-refractivity contribution in [2.75, 3.05) is 24.7 Å². The fraction of sp³-hybridized carbons (Fsp3) is 0.190. The maximum atomic E-state index is 12.7. The Hall–Kier alpha value is -4.61. The molecule has 12 heteroatoms. The third kappa shape index (κ3) is 4.69. The van der Waals surface area contributed by atoms with E-state index in [1.54, 1.807) is 36.4 Å². The molecule has 0 aliphatic rings. The van der Waals surface area contributed by atoms with Crippen LogP contribution in [-0.4, -0.2) is 54.9 Å². The smallest absolute Gasteiger partial charge is 0.273 e. The van der Waals surface area contributed by atoms with E-state index in [1.165, 1.54) is 19.4 Å². The van der Waals surface area contributed by atoms with Gasteiger partial charge in [0.05, 0.1) is 18.4 Å². The van der Waals surface area contributed by atoms with Crippen LogP contribution in [0, 0.1) is 6.92 Å². The number of carbonyl (C=O) groups excluding carboxylic acids is 1. The van der Waals surface area contributed by atoms with E-state index in [9.17, 15) is 4.79 Å². The minimum Gasteiger partial charge on any atom is -0.492 e. The zero-order chi connectivity index (χ0) is 25.9. The molecular weight excluding hydrogens is 424 g/mol. The van der Waals surface area contributed by atoms with Crippen molar-refractivity contribution < 1.29 is 13.6 Å². The van der Waals surface area contributed by atoms with Crippen molar-refractivity contribution in [2.45, 2.75) is 6.92 Å². The monoisotopic (exact) mass is 449 g/mol. The lowest BCUT2D eigenvalue weighted by Crippen LogP contribution is -2.21. The molecule has 4 heterocycles. The molecule has 0 aromatic carbocycles. The molecule has 4 aromatic heterocycles. The van der Waals surface area contributed by atoms with Crippen molar-refractivity contribution in [3.63, 3.8) is 0 Å². The average molecular weight is 449 g/mol. The minimum atomic E-state index is -2.72. The second kappa shape index (κ2) is 9.26. The maximum absolute atomic E-state index is 12.7. The molecule has 1 amide bonds. The topological polar surface area (TPSA) is 145 Å². The summed E-state index contributed by atoms with van der Waals surface area (Å²) in [5.74, 6) is 0.736. The molecule has 3 N–H and O–H groups in total. The van der Waals surface area contributed by atoms with E-state index < -0.39 is 12.9 Å². The van der Waals surface area contributed by atoms with Gasteiger partial charge in [-0.25, -0.2) is 15.0 Å². The van der Waals surface area contributed by atoms with Crippen LogP contribution in [0.25, 0.3) is 11.4 Å². The van der Waals surface area contributed by atoms with Crippen LogP contribution in [0.3, 0.4) is 0 Å². The number of methoxy groups -OCH3 is 1. The fourth-order valence-corrected chi connectivity index (χ4v) is 3.02. The average Bonchev–Trinajstić information content (AvgIpc) is 3.24. The highest BCUT2D eigenvalue weighted by molar-refractivity contribution is 5.98. The minimum absolute atomic E-state index is 0.124. The quantitative estimate of drug-likeness (QED) is 0.384. The molecule has 4 rings (SSSR count). The van der Waals surface area contributed by atoms with E-state index in [0.717, 1.165) is 5.56 Å². The molecule has 12 nitrogen and oxygen atoms in total. The van der Waals surface area contributed by atoms with Gasteiger partial charge in [0.25, 0.3) is 5.91 Å². The molecule has 0 aliphatic heterocycles. The third-order valence-electron chi connectivity index (χ3n) is 4.50. The van der Waals surface area contributed by atoms with Gasteiger partial charge in [-0.15, -0.1) is 10.2 Å². The molecule has 0 unspecified atom stereocenters. The Labute approximate surface area is 193 Å². The lowest BCUT2D eigenvalue weighted by atomic mass is 10.2. The maximum Gasteiger partial charge on any atom is 0.273 e. The second-order valence-corrected chi connectivity index (χ2v) is 6.90. The number of pyridine rings is 2. The number of aromatic nitrogens is 7. The third-order valence-corrected chi connectivity index (χ3v) is 4.50. The first-order valence-electron chi connectivity index (χ1n) is 11.2. The Morgan fingerprint density at radius 1 is 1.09 bits per heavy atom. The summed E-state index contributed by atoms with van der Waals surface area (Å²) in [5, 5.41) is 20.2. The largest absolute Gasteiger partial charge is 0.492 e. The van der Waals surface area contributed by atoms with Crippen molar-refractivity contribution >= 4 is 29.0 Å². The van der Waals surface area contributed by atoms with Crippen LogP contribution in [0.4, 0.5) is 23.1 Å². The summed E-state index contributed by atoms with van der Waals surface area (Å²) in [4.78, 5) is 25.5. The molecule has 0 atom stereocenters. The molecule has 0 radical (unpaired) electrons. The Bertz CT molecular complexity index is 1410. The van der Waals surface area contributed by atoms with Gasteiger partial charge in [-0.05, 0) is 30.7 Å². The highest BCUT2D eigenvalue weighted by atomic mass is 16.5. The van der Waals surface area contributed by atoms with E-state index >= 15 is 0 Å². The molecule has 168 valence electrons. The van der Waals surface area contributed by atoms with Gasteiger partial charge in [0, 0.05) is 36.6 Å². The van der Waals surface area contributed by atoms with Gasteiger partial charge in [0.1, 0.15) is 12.1 Å². The summed E-state index contributed by atoms with van der Waals surface area (Å²) in [6.07, 6.45) is 4.70. The number of hydrogen-bond acceptors (Lipinski definition) is 10. The molecule has 0 aliphatic carbocycles. The fourth-order valence-electron chi connectivity index (χ4n) is 3.02. The number of aryl methyl sites for hydroxylation is 2. The van der Waals surface area contributed by atoms with Crippen molar-refractivity contribution in [3.8, 4) is 17.1 Å². The lowest BCUT2D eigenvalue weighted by molar-refractivity contribution is 0.0958. The second-order valence-electron chi connectivity index (χ2n) is 6.90. The van der Waals surface area contributed by atoms with E-state index in [2.05, 4.69) is 40.9 Å². The Morgan fingerprint density at radius 3 is 2.67 bits per heavy atom. The van der Waals surface area contributed by atoms with Crippen LogP contribution < -0.4 is 20.7 Å². The van der Waals surface area contributed by atoms with E-state index in [0.29, 0.717) is 23.0 Å². The van der Waals surface area contributed by atoms with Crippen molar-refractivity contribution in [3.05, 3.63) is 54.2 Å². The predicted octanol–water partition coefficient (Wildman–Crippen LogP) is 2.23. The van der Waals surface area contributed by atoms with Gasteiger partial charge in [-0.1, -0.05) is 0 Å². The zero-order valence-corrected chi connectivity index (χ0v) is 18.0. The molecule has 0 saturated carbocycles. The summed E-state index contributed by atoms with van der Waals surface area (Å²) in [7, 11) is 3.19. The van der Waals surface area contributed by atoms with Crippen LogP contribution in [0.5, 0.6) is 5.75 Å². The molecule has 0 saturated heterocycles. The number of carbonyl (C=O) groups is 1.